The average molecular weight is 502 g/mol. The molecule has 2 rings (SSSR count). The van der Waals surface area contributed by atoms with E-state index in [2.05, 4.69) is 24.7 Å². The van der Waals surface area contributed by atoms with Crippen LogP contribution < -0.4 is 4.74 Å². The van der Waals surface area contributed by atoms with Gasteiger partial charge in [-0.25, -0.2) is 4.68 Å². The Labute approximate surface area is 196 Å². The number of rotatable bonds is 11. The van der Waals surface area contributed by atoms with Crippen LogP contribution in [0.5, 0.6) is 5.75 Å². The molecule has 0 saturated heterocycles. The molecule has 0 amide bonds. The second-order valence-electron chi connectivity index (χ2n) is 9.58. The number of thioether (sulfide) groups is 1. The molecule has 0 aliphatic heterocycles. The number of carbonyl (C=O) groups excluding carboxylic acids is 1. The highest BCUT2D eigenvalue weighted by Crippen LogP contribution is 2.43. The Bertz CT molecular complexity index is 1000. The quantitative estimate of drug-likeness (QED) is 0.0920. The van der Waals surface area contributed by atoms with Gasteiger partial charge in [-0.2, -0.15) is 13.9 Å². The smallest absolute Gasteiger partial charge is 0.387 e. The fraction of sp³-hybridized carbons (Fsp3) is 0.524. The minimum atomic E-state index is -3.17. The van der Waals surface area contributed by atoms with Crippen LogP contribution >= 0.6 is 11.8 Å². The molecule has 182 valence electrons. The predicted molar refractivity (Wildman–Crippen MR) is 126 cm³/mol. The van der Waals surface area contributed by atoms with Gasteiger partial charge in [-0.3, -0.25) is 14.9 Å². The van der Waals surface area contributed by atoms with E-state index < -0.39 is 25.3 Å². The van der Waals surface area contributed by atoms with E-state index >= 15 is 0 Å². The molecule has 2 aromatic rings. The number of nitro groups is 1. The normalized spacial score (nSPS) is 12.3. The van der Waals surface area contributed by atoms with E-state index in [1.807, 2.05) is 20.8 Å². The Morgan fingerprint density at radius 1 is 1.30 bits per heavy atom. The van der Waals surface area contributed by atoms with Crippen molar-refractivity contribution in [3.63, 3.8) is 0 Å². The largest absolute Gasteiger partial charge is 0.434 e. The highest BCUT2D eigenvalue weighted by Gasteiger charge is 2.28. The minimum Gasteiger partial charge on any atom is -0.434 e. The van der Waals surface area contributed by atoms with Crippen LogP contribution in [0.1, 0.15) is 31.1 Å². The van der Waals surface area contributed by atoms with Gasteiger partial charge in [0.15, 0.2) is 12.0 Å². The highest BCUT2D eigenvalue weighted by molar-refractivity contribution is 8.00. The summed E-state index contributed by atoms with van der Waals surface area (Å²) in [5.74, 6) is -0.283. The Hall–Kier alpha value is -2.31. The number of hydrogen-bond donors (Lipinski definition) is 0. The van der Waals surface area contributed by atoms with Crippen LogP contribution in [0, 0.1) is 10.1 Å². The van der Waals surface area contributed by atoms with Gasteiger partial charge < -0.3 is 9.47 Å². The van der Waals surface area contributed by atoms with Crippen LogP contribution in [0.15, 0.2) is 23.2 Å². The number of ether oxygens (including phenoxy) is 2. The molecule has 0 N–H and O–H groups in total. The summed E-state index contributed by atoms with van der Waals surface area (Å²) in [6, 6.07) is 3.51. The third-order valence-corrected chi connectivity index (χ3v) is 7.24. The number of aldehydes is 1. The van der Waals surface area contributed by atoms with Crippen molar-refractivity contribution in [2.24, 2.45) is 0 Å². The third-order valence-electron chi connectivity index (χ3n) is 4.35. The zero-order valence-electron chi connectivity index (χ0n) is 19.6. The molecule has 12 heteroatoms. The molecule has 0 saturated carbocycles. The van der Waals surface area contributed by atoms with Gasteiger partial charge in [0, 0.05) is 29.9 Å². The number of carbonyl (C=O) groups is 1. The van der Waals surface area contributed by atoms with Crippen LogP contribution in [0.2, 0.25) is 25.7 Å². The lowest BCUT2D eigenvalue weighted by atomic mass is 10.1. The fourth-order valence-electron chi connectivity index (χ4n) is 2.88. The van der Waals surface area contributed by atoms with Crippen molar-refractivity contribution in [3.8, 4) is 17.0 Å². The van der Waals surface area contributed by atoms with Crippen molar-refractivity contribution >= 4 is 31.8 Å². The van der Waals surface area contributed by atoms with E-state index in [0.717, 1.165) is 12.2 Å². The molecule has 8 nitrogen and oxygen atoms in total. The standard InChI is InChI=1S/C21H29F2N3O5SSi/c1-21(2,3)32-18-10-17(31-20(22)23)15(9-14(18)12-27)19-16(26(28)29)11-24-25(19)13-30-7-8-33(4,5)6/h9-12,20H,7-8,13H2,1-6H3. The molecule has 1 aromatic heterocycles. The molecule has 0 spiro atoms. The van der Waals surface area contributed by atoms with E-state index in [1.165, 1.54) is 28.6 Å². The highest BCUT2D eigenvalue weighted by atomic mass is 32.2. The van der Waals surface area contributed by atoms with Gasteiger partial charge >= 0.3 is 12.3 Å². The maximum absolute atomic E-state index is 13.2. The summed E-state index contributed by atoms with van der Waals surface area (Å²) in [7, 11) is -1.36. The summed E-state index contributed by atoms with van der Waals surface area (Å²) in [5, 5.41) is 15.7. The Morgan fingerprint density at radius 2 is 1.97 bits per heavy atom. The van der Waals surface area contributed by atoms with Gasteiger partial charge in [-0.15, -0.1) is 11.8 Å². The van der Waals surface area contributed by atoms with Crippen LogP contribution in [-0.4, -0.2) is 47.0 Å². The zero-order chi connectivity index (χ0) is 25.0. The van der Waals surface area contributed by atoms with Crippen molar-refractivity contribution in [2.75, 3.05) is 6.61 Å². The number of alkyl halides is 2. The van der Waals surface area contributed by atoms with E-state index in [4.69, 9.17) is 9.47 Å². The molecule has 1 heterocycles. The average Bonchev–Trinajstić information content (AvgIpc) is 3.07. The summed E-state index contributed by atoms with van der Waals surface area (Å²) in [6.07, 6.45) is 1.61. The van der Waals surface area contributed by atoms with Gasteiger partial charge in [0.2, 0.25) is 0 Å². The van der Waals surface area contributed by atoms with Crippen molar-refractivity contribution in [1.82, 2.24) is 9.78 Å². The molecule has 0 unspecified atom stereocenters. The van der Waals surface area contributed by atoms with Gasteiger partial charge in [0.25, 0.3) is 0 Å². The Morgan fingerprint density at radius 3 is 2.48 bits per heavy atom. The molecule has 0 bridgehead atoms. The first-order valence-corrected chi connectivity index (χ1v) is 14.8. The summed E-state index contributed by atoms with van der Waals surface area (Å²) < 4.78 is 37.8. The zero-order valence-corrected chi connectivity index (χ0v) is 21.4. The Balaban J connectivity index is 2.59. The van der Waals surface area contributed by atoms with Crippen molar-refractivity contribution in [3.05, 3.63) is 34.0 Å². The first-order valence-electron chi connectivity index (χ1n) is 10.3. The molecule has 0 aliphatic rings. The van der Waals surface area contributed by atoms with Crippen LogP contribution in [-0.2, 0) is 11.5 Å². The van der Waals surface area contributed by atoms with E-state index in [0.29, 0.717) is 17.8 Å². The molecule has 33 heavy (non-hydrogen) atoms. The lowest BCUT2D eigenvalue weighted by molar-refractivity contribution is -0.384. The fourth-order valence-corrected chi connectivity index (χ4v) is 4.69. The second kappa shape index (κ2) is 10.7. The summed E-state index contributed by atoms with van der Waals surface area (Å²) in [5.41, 5.74) is -0.308. The van der Waals surface area contributed by atoms with Crippen LogP contribution in [0.4, 0.5) is 14.5 Å². The van der Waals surface area contributed by atoms with Gasteiger partial charge in [-0.05, 0) is 18.2 Å². The maximum Gasteiger partial charge on any atom is 0.387 e. The molecular weight excluding hydrogens is 472 g/mol. The van der Waals surface area contributed by atoms with Crippen LogP contribution in [0.25, 0.3) is 11.3 Å². The van der Waals surface area contributed by atoms with Crippen molar-refractivity contribution < 1.29 is 28.0 Å². The number of hydrogen-bond acceptors (Lipinski definition) is 7. The van der Waals surface area contributed by atoms with Crippen LogP contribution in [0.3, 0.4) is 0 Å². The summed E-state index contributed by atoms with van der Waals surface area (Å²) in [6.45, 7) is 9.44. The first-order chi connectivity index (χ1) is 15.2. The lowest BCUT2D eigenvalue weighted by Crippen LogP contribution is -2.22. The topological polar surface area (TPSA) is 96.5 Å². The van der Waals surface area contributed by atoms with E-state index in [9.17, 15) is 23.7 Å². The molecule has 0 aliphatic carbocycles. The summed E-state index contributed by atoms with van der Waals surface area (Å²) >= 11 is 1.30. The van der Waals surface area contributed by atoms with E-state index in [1.54, 1.807) is 0 Å². The van der Waals surface area contributed by atoms with Gasteiger partial charge in [-0.1, -0.05) is 40.4 Å². The minimum absolute atomic E-state index is 0.0337. The molecule has 1 aromatic carbocycles. The molecule has 0 fully saturated rings. The monoisotopic (exact) mass is 501 g/mol. The number of benzene rings is 1. The van der Waals surface area contributed by atoms with E-state index in [-0.39, 0.29) is 34.0 Å². The van der Waals surface area contributed by atoms with Gasteiger partial charge in [0.05, 0.1) is 10.5 Å². The molecular formula is C21H29F2N3O5SSi. The first kappa shape index (κ1) is 26.9. The Kier molecular flexibility index (Phi) is 8.77. The van der Waals surface area contributed by atoms with Gasteiger partial charge in [0.1, 0.15) is 18.7 Å². The lowest BCUT2D eigenvalue weighted by Gasteiger charge is -2.21. The molecule has 0 atom stereocenters. The predicted octanol–water partition coefficient (Wildman–Crippen LogP) is 6.08. The summed E-state index contributed by atoms with van der Waals surface area (Å²) in [4.78, 5) is 23.2. The second-order valence-corrected chi connectivity index (χ2v) is 17.1. The van der Waals surface area contributed by atoms with Crippen molar-refractivity contribution in [1.29, 1.82) is 0 Å². The van der Waals surface area contributed by atoms with Crippen molar-refractivity contribution in [2.45, 2.75) is 69.4 Å². The third kappa shape index (κ3) is 7.90. The number of aromatic nitrogens is 2. The molecule has 0 radical (unpaired) electrons. The number of nitrogens with zero attached hydrogens (tertiary/aromatic N) is 3. The number of halogens is 2. The SMILES string of the molecule is CC(C)(C)Sc1cc(OC(F)F)c(-c2c([N+](=O)[O-])cnn2COCC[Si](C)(C)C)cc1C=O. The maximum atomic E-state index is 13.2.